The number of carbonyl (C=O) groups is 1. The maximum Gasteiger partial charge on any atom is 0.318 e. The first-order valence-corrected chi connectivity index (χ1v) is 14.4. The number of hydrogen-bond donors (Lipinski definition) is 1. The molecule has 1 unspecified atom stereocenters. The fraction of sp³-hybridized carbons (Fsp3) is 0.500. The van der Waals surface area contributed by atoms with Crippen molar-refractivity contribution in [1.82, 2.24) is 30.0 Å². The normalized spacial score (nSPS) is 20.6. The van der Waals surface area contributed by atoms with Crippen molar-refractivity contribution in [3.63, 3.8) is 0 Å². The monoisotopic (exact) mass is 589 g/mol. The van der Waals surface area contributed by atoms with Gasteiger partial charge in [-0.1, -0.05) is 12.6 Å². The number of aryl methyl sites for hydroxylation is 1. The zero-order valence-electron chi connectivity index (χ0n) is 24.3. The molecule has 222 valence electrons. The molecule has 3 aliphatic heterocycles. The van der Waals surface area contributed by atoms with E-state index < -0.39 is 0 Å². The first kappa shape index (κ1) is 29.7. The second-order valence-corrected chi connectivity index (χ2v) is 11.3. The number of ether oxygens (including phenoxy) is 1. The molecular formula is C30H39N9O2S. The number of hydrogen-bond acceptors (Lipinski definition) is 9. The number of carbonyl (C=O) groups excluding carboxylic acids is 1. The van der Waals surface area contributed by atoms with Gasteiger partial charge >= 0.3 is 6.01 Å². The number of nitrogens with zero attached hydrogens (tertiary/aromatic N) is 8. The Balaban J connectivity index is 0.00000353. The zero-order valence-corrected chi connectivity index (χ0v) is 25.3. The minimum atomic E-state index is -0.234. The second kappa shape index (κ2) is 12.6. The van der Waals surface area contributed by atoms with Crippen LogP contribution < -0.4 is 14.5 Å². The topological polar surface area (TPSA) is 118 Å². The number of likely N-dealkylation sites (tertiary alicyclic amines) is 1. The second-order valence-electron chi connectivity index (χ2n) is 11.3. The van der Waals surface area contributed by atoms with Gasteiger partial charge in [0.15, 0.2) is 0 Å². The van der Waals surface area contributed by atoms with Gasteiger partial charge in [-0.15, -0.1) is 0 Å². The molecule has 0 spiro atoms. The summed E-state index contributed by atoms with van der Waals surface area (Å²) in [7, 11) is 2.14. The van der Waals surface area contributed by atoms with Crippen molar-refractivity contribution in [2.24, 2.45) is 0 Å². The molecule has 11 nitrogen and oxygen atoms in total. The van der Waals surface area contributed by atoms with E-state index in [1.165, 1.54) is 23.7 Å². The van der Waals surface area contributed by atoms with Gasteiger partial charge < -0.3 is 24.3 Å². The number of anilines is 2. The highest BCUT2D eigenvalue weighted by Gasteiger charge is 2.34. The molecule has 1 amide bonds. The summed E-state index contributed by atoms with van der Waals surface area (Å²) >= 11 is 0. The van der Waals surface area contributed by atoms with E-state index in [1.807, 2.05) is 6.20 Å². The number of benzene rings is 1. The maximum atomic E-state index is 12.5. The minimum Gasteiger partial charge on any atom is -0.462 e. The first-order chi connectivity index (χ1) is 20.0. The fourth-order valence-electron chi connectivity index (χ4n) is 6.53. The summed E-state index contributed by atoms with van der Waals surface area (Å²) < 4.78 is 6.28. The molecule has 0 saturated carbocycles. The molecule has 2 atom stereocenters. The summed E-state index contributed by atoms with van der Waals surface area (Å²) in [5, 5.41) is 18.0. The summed E-state index contributed by atoms with van der Waals surface area (Å²) in [6.45, 7) is 10.5. The Labute approximate surface area is 253 Å². The molecule has 6 rings (SSSR count). The lowest BCUT2D eigenvalue weighted by Gasteiger charge is -2.42. The lowest BCUT2D eigenvalue weighted by atomic mass is 10.0. The first-order valence-electron chi connectivity index (χ1n) is 14.4. The van der Waals surface area contributed by atoms with Gasteiger partial charge in [0.25, 0.3) is 0 Å². The Morgan fingerprint density at radius 3 is 2.83 bits per heavy atom. The van der Waals surface area contributed by atoms with Crippen molar-refractivity contribution in [2.75, 3.05) is 56.2 Å². The number of fused-ring (bicyclic) bond motifs is 2. The largest absolute Gasteiger partial charge is 0.462 e. The van der Waals surface area contributed by atoms with Crippen LogP contribution in [0.5, 0.6) is 6.01 Å². The van der Waals surface area contributed by atoms with Gasteiger partial charge in [0.05, 0.1) is 48.2 Å². The van der Waals surface area contributed by atoms with Crippen molar-refractivity contribution in [3.05, 3.63) is 47.8 Å². The highest BCUT2D eigenvalue weighted by Crippen LogP contribution is 2.36. The molecule has 0 bridgehead atoms. The number of aromatic nitrogens is 4. The van der Waals surface area contributed by atoms with Crippen molar-refractivity contribution in [2.45, 2.75) is 51.2 Å². The van der Waals surface area contributed by atoms with E-state index in [-0.39, 0.29) is 31.9 Å². The fourth-order valence-corrected chi connectivity index (χ4v) is 6.53. The minimum absolute atomic E-state index is 0. The summed E-state index contributed by atoms with van der Waals surface area (Å²) in [6, 6.07) is 6.96. The predicted octanol–water partition coefficient (Wildman–Crippen LogP) is 2.93. The maximum absolute atomic E-state index is 12.5. The summed E-state index contributed by atoms with van der Waals surface area (Å²) in [5.41, 5.74) is 5.45. The molecule has 0 radical (unpaired) electrons. The molecule has 2 saturated heterocycles. The number of rotatable bonds is 7. The molecule has 3 aromatic rings. The van der Waals surface area contributed by atoms with Gasteiger partial charge in [-0.25, -0.2) is 0 Å². The van der Waals surface area contributed by atoms with Crippen LogP contribution in [-0.2, 0) is 17.8 Å². The molecule has 0 aliphatic carbocycles. The number of likely N-dealkylation sites (N-methyl/N-ethyl adjacent to an activating group) is 1. The Kier molecular flexibility index (Phi) is 8.89. The van der Waals surface area contributed by atoms with E-state index in [0.29, 0.717) is 44.8 Å². The van der Waals surface area contributed by atoms with Gasteiger partial charge in [0, 0.05) is 43.2 Å². The van der Waals surface area contributed by atoms with Gasteiger partial charge in [-0.3, -0.25) is 9.89 Å². The third-order valence-corrected chi connectivity index (χ3v) is 8.78. The Morgan fingerprint density at radius 2 is 2.07 bits per heavy atom. The van der Waals surface area contributed by atoms with Crippen molar-refractivity contribution < 1.29 is 9.53 Å². The van der Waals surface area contributed by atoms with Gasteiger partial charge in [0.2, 0.25) is 5.91 Å². The van der Waals surface area contributed by atoms with Crippen LogP contribution in [0.15, 0.2) is 31.0 Å². The smallest absolute Gasteiger partial charge is 0.318 e. The molecule has 12 heteroatoms. The Hall–Kier alpha value is -3.82. The number of piperazine rings is 1. The molecule has 1 N–H and O–H groups in total. The van der Waals surface area contributed by atoms with E-state index in [9.17, 15) is 10.1 Å². The molecule has 5 heterocycles. The highest BCUT2D eigenvalue weighted by atomic mass is 32.1. The standard InChI is InChI=1S/C30H37N9O2.H2S/c1-4-27(40)39-15-14-38(17-21(39)9-11-31)29-23-10-13-37(28-20(2)7-8-25-24(28)16-32-35-25)18-26(23)33-30(34-29)41-19-22-6-5-12-36(22)3;/h4,7-8,16,21-22H,1,5-6,9-10,12-15,17-19H2,2-3H3,(H,32,35);1H2/t21?,22-;/m0./s1. The van der Waals surface area contributed by atoms with Gasteiger partial charge in [0.1, 0.15) is 12.4 Å². The van der Waals surface area contributed by atoms with Crippen molar-refractivity contribution in [1.29, 1.82) is 5.26 Å². The predicted molar refractivity (Wildman–Crippen MR) is 167 cm³/mol. The molecule has 1 aromatic carbocycles. The number of nitrogens with one attached hydrogen (secondary N) is 1. The number of aromatic amines is 1. The quantitative estimate of drug-likeness (QED) is 0.415. The van der Waals surface area contributed by atoms with E-state index in [0.717, 1.165) is 53.9 Å². The molecular weight excluding hydrogens is 550 g/mol. The third kappa shape index (κ3) is 5.63. The van der Waals surface area contributed by atoms with Crippen molar-refractivity contribution in [3.8, 4) is 12.1 Å². The van der Waals surface area contributed by atoms with Crippen LogP contribution >= 0.6 is 13.5 Å². The SMILES string of the molecule is C=CC(=O)N1CCN(c2nc(OC[C@@H]3CCCN3C)nc3c2CCN(c2c(C)ccc4[nH]ncc24)C3)CC1CC#N.S. The van der Waals surface area contributed by atoms with Crippen LogP contribution in [0.3, 0.4) is 0 Å². The summed E-state index contributed by atoms with van der Waals surface area (Å²) in [6.07, 6.45) is 6.52. The molecule has 2 fully saturated rings. The summed E-state index contributed by atoms with van der Waals surface area (Å²) in [5.74, 6) is 0.718. The van der Waals surface area contributed by atoms with Gasteiger partial charge in [-0.05, 0) is 57.5 Å². The van der Waals surface area contributed by atoms with Crippen LogP contribution in [-0.4, -0.2) is 94.3 Å². The van der Waals surface area contributed by atoms with Crippen LogP contribution in [0.2, 0.25) is 0 Å². The van der Waals surface area contributed by atoms with Crippen LogP contribution in [0.4, 0.5) is 11.5 Å². The number of H-pyrrole nitrogens is 1. The number of nitriles is 1. The van der Waals surface area contributed by atoms with Crippen LogP contribution in [0.25, 0.3) is 10.9 Å². The Morgan fingerprint density at radius 1 is 1.21 bits per heavy atom. The molecule has 3 aliphatic rings. The van der Waals surface area contributed by atoms with E-state index in [4.69, 9.17) is 14.7 Å². The lowest BCUT2D eigenvalue weighted by Crippen LogP contribution is -2.55. The Bertz CT molecular complexity index is 1500. The lowest BCUT2D eigenvalue weighted by molar-refractivity contribution is -0.128. The van der Waals surface area contributed by atoms with Crippen LogP contribution in [0, 0.1) is 18.3 Å². The third-order valence-electron chi connectivity index (χ3n) is 8.78. The van der Waals surface area contributed by atoms with E-state index in [1.54, 1.807) is 4.90 Å². The van der Waals surface area contributed by atoms with Gasteiger partial charge in [-0.2, -0.15) is 33.8 Å². The van der Waals surface area contributed by atoms with Crippen molar-refractivity contribution >= 4 is 41.8 Å². The molecule has 2 aromatic heterocycles. The van der Waals surface area contributed by atoms with Crippen LogP contribution in [0.1, 0.15) is 36.1 Å². The summed E-state index contributed by atoms with van der Waals surface area (Å²) in [4.78, 5) is 31.1. The zero-order chi connectivity index (χ0) is 28.5. The number of amides is 1. The average Bonchev–Trinajstić information content (AvgIpc) is 3.63. The highest BCUT2D eigenvalue weighted by molar-refractivity contribution is 7.59. The average molecular weight is 590 g/mol. The van der Waals surface area contributed by atoms with E-state index >= 15 is 0 Å². The molecule has 42 heavy (non-hydrogen) atoms. The van der Waals surface area contributed by atoms with E-state index in [2.05, 4.69) is 63.6 Å².